The molecule has 18 heavy (non-hydrogen) atoms. The number of nitrogens with one attached hydrogen (secondary N) is 1. The summed E-state index contributed by atoms with van der Waals surface area (Å²) in [6.45, 7) is 9.65. The van der Waals surface area contributed by atoms with E-state index in [9.17, 15) is 0 Å². The molecule has 0 radical (unpaired) electrons. The van der Waals surface area contributed by atoms with Gasteiger partial charge in [0.05, 0.1) is 12.2 Å². The smallest absolute Gasteiger partial charge is 0.221 e. The monoisotopic (exact) mass is 252 g/mol. The molecule has 1 rings (SSSR count). The molecule has 0 saturated carbocycles. The van der Waals surface area contributed by atoms with Crippen molar-refractivity contribution in [1.82, 2.24) is 15.3 Å². The van der Waals surface area contributed by atoms with Gasteiger partial charge in [0.25, 0.3) is 0 Å². The average Bonchev–Trinajstić information content (AvgIpc) is 2.38. The Morgan fingerprint density at radius 2 is 2.06 bits per heavy atom. The minimum Gasteiger partial charge on any atom is -0.478 e. The van der Waals surface area contributed by atoms with E-state index in [-0.39, 0.29) is 0 Å². The molecule has 0 saturated heterocycles. The molecule has 0 aliphatic carbocycles. The molecule has 0 amide bonds. The van der Waals surface area contributed by atoms with E-state index in [4.69, 9.17) is 4.74 Å². The summed E-state index contributed by atoms with van der Waals surface area (Å²) in [6, 6.07) is 0. The van der Waals surface area contributed by atoms with Crippen LogP contribution in [0.15, 0.2) is 6.33 Å². The third kappa shape index (κ3) is 3.84. The van der Waals surface area contributed by atoms with Gasteiger partial charge in [-0.1, -0.05) is 6.92 Å². The van der Waals surface area contributed by atoms with Crippen molar-refractivity contribution >= 4 is 5.82 Å². The molecule has 0 atom stereocenters. The summed E-state index contributed by atoms with van der Waals surface area (Å²) in [5, 5.41) is 3.17. The van der Waals surface area contributed by atoms with Crippen molar-refractivity contribution in [2.24, 2.45) is 0 Å². The number of likely N-dealkylation sites (N-methyl/N-ethyl adjacent to an activating group) is 1. The van der Waals surface area contributed by atoms with E-state index in [1.807, 2.05) is 20.9 Å². The highest BCUT2D eigenvalue weighted by Gasteiger charge is 2.13. The van der Waals surface area contributed by atoms with E-state index >= 15 is 0 Å². The van der Waals surface area contributed by atoms with Gasteiger partial charge in [0.15, 0.2) is 0 Å². The van der Waals surface area contributed by atoms with E-state index in [0.717, 1.165) is 37.4 Å². The number of anilines is 1. The van der Waals surface area contributed by atoms with Gasteiger partial charge in [-0.15, -0.1) is 0 Å². The lowest BCUT2D eigenvalue weighted by Gasteiger charge is -2.25. The van der Waals surface area contributed by atoms with Crippen LogP contribution in [0.3, 0.4) is 0 Å². The first-order valence-electron chi connectivity index (χ1n) is 6.58. The summed E-state index contributed by atoms with van der Waals surface area (Å²) in [5.74, 6) is 1.67. The molecule has 0 bridgehead atoms. The highest BCUT2D eigenvalue weighted by Crippen LogP contribution is 2.23. The van der Waals surface area contributed by atoms with E-state index in [0.29, 0.717) is 12.5 Å². The van der Waals surface area contributed by atoms with Crippen LogP contribution in [0.4, 0.5) is 5.82 Å². The molecule has 5 nitrogen and oxygen atoms in total. The van der Waals surface area contributed by atoms with Crippen LogP contribution in [-0.4, -0.2) is 43.3 Å². The zero-order valence-corrected chi connectivity index (χ0v) is 11.9. The van der Waals surface area contributed by atoms with Gasteiger partial charge in [-0.3, -0.25) is 0 Å². The number of rotatable bonds is 8. The lowest BCUT2D eigenvalue weighted by molar-refractivity contribution is 0.323. The van der Waals surface area contributed by atoms with Crippen molar-refractivity contribution < 1.29 is 4.74 Å². The van der Waals surface area contributed by atoms with Crippen LogP contribution in [0.5, 0.6) is 5.88 Å². The summed E-state index contributed by atoms with van der Waals surface area (Å²) in [5.41, 5.74) is 1.02. The van der Waals surface area contributed by atoms with E-state index < -0.39 is 0 Å². The van der Waals surface area contributed by atoms with Gasteiger partial charge in [0.1, 0.15) is 12.1 Å². The third-order valence-electron chi connectivity index (χ3n) is 2.72. The molecule has 0 aliphatic rings. The average molecular weight is 252 g/mol. The van der Waals surface area contributed by atoms with Crippen molar-refractivity contribution in [3.63, 3.8) is 0 Å². The molecular formula is C13H24N4O. The molecule has 1 heterocycles. The SMILES string of the molecule is CCCN(CCNC)c1ncnc(OCC)c1C. The Balaban J connectivity index is 2.92. The van der Waals surface area contributed by atoms with Crippen molar-refractivity contribution in [3.05, 3.63) is 11.9 Å². The van der Waals surface area contributed by atoms with Crippen LogP contribution in [0.2, 0.25) is 0 Å². The fourth-order valence-corrected chi connectivity index (χ4v) is 1.87. The zero-order chi connectivity index (χ0) is 13.4. The Morgan fingerprint density at radius 1 is 1.28 bits per heavy atom. The second kappa shape index (κ2) is 7.87. The van der Waals surface area contributed by atoms with Gasteiger partial charge in [-0.25, -0.2) is 9.97 Å². The lowest BCUT2D eigenvalue weighted by Crippen LogP contribution is -2.32. The number of hydrogen-bond donors (Lipinski definition) is 1. The first-order valence-corrected chi connectivity index (χ1v) is 6.58. The molecule has 0 unspecified atom stereocenters. The highest BCUT2D eigenvalue weighted by molar-refractivity contribution is 5.50. The normalized spacial score (nSPS) is 10.4. The van der Waals surface area contributed by atoms with Crippen molar-refractivity contribution in [2.45, 2.75) is 27.2 Å². The summed E-state index contributed by atoms with van der Waals surface area (Å²) in [4.78, 5) is 10.8. The van der Waals surface area contributed by atoms with Gasteiger partial charge in [0, 0.05) is 19.6 Å². The van der Waals surface area contributed by atoms with E-state index in [1.54, 1.807) is 6.33 Å². The van der Waals surface area contributed by atoms with Gasteiger partial charge >= 0.3 is 0 Å². The van der Waals surface area contributed by atoms with Crippen molar-refractivity contribution in [1.29, 1.82) is 0 Å². The Bertz CT molecular complexity index is 357. The number of aromatic nitrogens is 2. The number of nitrogens with zero attached hydrogens (tertiary/aromatic N) is 3. The van der Waals surface area contributed by atoms with E-state index in [2.05, 4.69) is 27.1 Å². The molecule has 1 aromatic heterocycles. The Hall–Kier alpha value is -1.36. The number of ether oxygens (including phenoxy) is 1. The lowest BCUT2D eigenvalue weighted by atomic mass is 10.3. The van der Waals surface area contributed by atoms with Crippen LogP contribution in [0, 0.1) is 6.92 Å². The van der Waals surface area contributed by atoms with Gasteiger partial charge < -0.3 is 15.0 Å². The van der Waals surface area contributed by atoms with Crippen LogP contribution in [-0.2, 0) is 0 Å². The fraction of sp³-hybridized carbons (Fsp3) is 0.692. The largest absolute Gasteiger partial charge is 0.478 e. The standard InChI is InChI=1S/C13H24N4O/c1-5-8-17(9-7-14-4)12-11(3)13(18-6-2)16-10-15-12/h10,14H,5-9H2,1-4H3. The van der Waals surface area contributed by atoms with E-state index in [1.165, 1.54) is 0 Å². The maximum atomic E-state index is 5.52. The number of hydrogen-bond acceptors (Lipinski definition) is 5. The summed E-state index contributed by atoms with van der Waals surface area (Å²) in [7, 11) is 1.96. The summed E-state index contributed by atoms with van der Waals surface area (Å²) < 4.78 is 5.52. The van der Waals surface area contributed by atoms with Crippen molar-refractivity contribution in [2.75, 3.05) is 38.2 Å². The minimum atomic E-state index is 0.627. The molecule has 0 fully saturated rings. The minimum absolute atomic E-state index is 0.627. The first-order chi connectivity index (χ1) is 8.74. The van der Waals surface area contributed by atoms with Gasteiger partial charge in [-0.2, -0.15) is 0 Å². The summed E-state index contributed by atoms with van der Waals surface area (Å²) in [6.07, 6.45) is 2.67. The molecule has 0 aliphatic heterocycles. The fourth-order valence-electron chi connectivity index (χ4n) is 1.87. The molecule has 102 valence electrons. The van der Waals surface area contributed by atoms with Gasteiger partial charge in [-0.05, 0) is 27.3 Å². The predicted octanol–water partition coefficient (Wildman–Crippen LogP) is 1.62. The quantitative estimate of drug-likeness (QED) is 0.762. The van der Waals surface area contributed by atoms with Crippen LogP contribution < -0.4 is 15.0 Å². The highest BCUT2D eigenvalue weighted by atomic mass is 16.5. The van der Waals surface area contributed by atoms with Crippen molar-refractivity contribution in [3.8, 4) is 5.88 Å². The molecule has 5 heteroatoms. The van der Waals surface area contributed by atoms with Crippen LogP contribution >= 0.6 is 0 Å². The first kappa shape index (κ1) is 14.7. The van der Waals surface area contributed by atoms with Crippen LogP contribution in [0.25, 0.3) is 0 Å². The molecular weight excluding hydrogens is 228 g/mol. The maximum Gasteiger partial charge on any atom is 0.221 e. The molecule has 1 N–H and O–H groups in total. The van der Waals surface area contributed by atoms with Gasteiger partial charge in [0.2, 0.25) is 5.88 Å². The second-order valence-corrected chi connectivity index (χ2v) is 4.15. The molecule has 0 aromatic carbocycles. The molecule has 0 spiro atoms. The topological polar surface area (TPSA) is 50.3 Å². The Labute approximate surface area is 110 Å². The maximum absolute atomic E-state index is 5.52. The second-order valence-electron chi connectivity index (χ2n) is 4.15. The Morgan fingerprint density at radius 3 is 2.67 bits per heavy atom. The predicted molar refractivity (Wildman–Crippen MR) is 74.4 cm³/mol. The molecule has 1 aromatic rings. The van der Waals surface area contributed by atoms with Crippen LogP contribution in [0.1, 0.15) is 25.8 Å². The zero-order valence-electron chi connectivity index (χ0n) is 11.9. The summed E-state index contributed by atoms with van der Waals surface area (Å²) >= 11 is 0. The Kier molecular flexibility index (Phi) is 6.43. The third-order valence-corrected chi connectivity index (χ3v) is 2.72.